The van der Waals surface area contributed by atoms with E-state index in [1.165, 1.54) is 12.3 Å². The number of aromatic amines is 1. The number of aromatic nitrogens is 1. The summed E-state index contributed by atoms with van der Waals surface area (Å²) in [6, 6.07) is 1.28. The summed E-state index contributed by atoms with van der Waals surface area (Å²) in [4.78, 5) is 26.4. The molecular formula is C12H18N4O3. The van der Waals surface area contributed by atoms with E-state index in [4.69, 9.17) is 0 Å². The smallest absolute Gasteiger partial charge is 0.287 e. The van der Waals surface area contributed by atoms with E-state index >= 15 is 0 Å². The third kappa shape index (κ3) is 3.31. The summed E-state index contributed by atoms with van der Waals surface area (Å²) in [7, 11) is 1.73. The number of nitro groups is 1. The van der Waals surface area contributed by atoms with Gasteiger partial charge in [-0.25, -0.2) is 0 Å². The van der Waals surface area contributed by atoms with E-state index in [-0.39, 0.29) is 17.3 Å². The minimum atomic E-state index is -0.516. The Labute approximate surface area is 111 Å². The Morgan fingerprint density at radius 2 is 2.42 bits per heavy atom. The fourth-order valence-corrected chi connectivity index (χ4v) is 2.37. The summed E-state index contributed by atoms with van der Waals surface area (Å²) < 4.78 is 0. The fraction of sp³-hybridized carbons (Fsp3) is 0.583. The molecule has 1 aliphatic rings. The van der Waals surface area contributed by atoms with Crippen LogP contribution in [0.2, 0.25) is 0 Å². The maximum absolute atomic E-state index is 12.1. The first-order chi connectivity index (χ1) is 9.08. The van der Waals surface area contributed by atoms with Crippen molar-refractivity contribution < 1.29 is 9.72 Å². The van der Waals surface area contributed by atoms with Crippen LogP contribution in [0.25, 0.3) is 0 Å². The number of nitrogens with one attached hydrogen (secondary N) is 2. The number of rotatable bonds is 4. The van der Waals surface area contributed by atoms with Crippen LogP contribution in [0.15, 0.2) is 12.3 Å². The Morgan fingerprint density at radius 1 is 1.63 bits per heavy atom. The van der Waals surface area contributed by atoms with Crippen molar-refractivity contribution in [1.29, 1.82) is 0 Å². The van der Waals surface area contributed by atoms with E-state index in [1.807, 2.05) is 0 Å². The second-order valence-corrected chi connectivity index (χ2v) is 4.93. The SMILES string of the molecule is CN(CC1CCCNC1)C(=O)c1cc([N+](=O)[O-])c[nH]1. The lowest BCUT2D eigenvalue weighted by atomic mass is 9.99. The van der Waals surface area contributed by atoms with Crippen molar-refractivity contribution in [1.82, 2.24) is 15.2 Å². The molecule has 1 aromatic rings. The molecular weight excluding hydrogens is 248 g/mol. The Morgan fingerprint density at radius 3 is 3.00 bits per heavy atom. The minimum absolute atomic E-state index is 0.0870. The van der Waals surface area contributed by atoms with Crippen molar-refractivity contribution in [3.63, 3.8) is 0 Å². The Hall–Kier alpha value is -1.89. The van der Waals surface area contributed by atoms with Crippen LogP contribution in [0.5, 0.6) is 0 Å². The van der Waals surface area contributed by atoms with Gasteiger partial charge in [0.15, 0.2) is 0 Å². The molecule has 1 aromatic heterocycles. The van der Waals surface area contributed by atoms with E-state index < -0.39 is 4.92 Å². The van der Waals surface area contributed by atoms with Gasteiger partial charge in [0.05, 0.1) is 11.1 Å². The molecule has 0 saturated carbocycles. The zero-order chi connectivity index (χ0) is 13.8. The van der Waals surface area contributed by atoms with Crippen LogP contribution >= 0.6 is 0 Å². The van der Waals surface area contributed by atoms with Crippen molar-refractivity contribution in [2.75, 3.05) is 26.7 Å². The van der Waals surface area contributed by atoms with E-state index in [9.17, 15) is 14.9 Å². The fourth-order valence-electron chi connectivity index (χ4n) is 2.37. The molecule has 1 amide bonds. The van der Waals surface area contributed by atoms with Gasteiger partial charge in [-0.3, -0.25) is 14.9 Å². The van der Waals surface area contributed by atoms with E-state index in [2.05, 4.69) is 10.3 Å². The highest BCUT2D eigenvalue weighted by Crippen LogP contribution is 2.15. The predicted octanol–water partition coefficient (Wildman–Crippen LogP) is 0.994. The highest BCUT2D eigenvalue weighted by atomic mass is 16.6. The predicted molar refractivity (Wildman–Crippen MR) is 70.0 cm³/mol. The lowest BCUT2D eigenvalue weighted by molar-refractivity contribution is -0.384. The van der Waals surface area contributed by atoms with Gasteiger partial charge in [0.2, 0.25) is 0 Å². The average Bonchev–Trinajstić information content (AvgIpc) is 2.88. The van der Waals surface area contributed by atoms with Crippen LogP contribution in [-0.4, -0.2) is 47.4 Å². The van der Waals surface area contributed by atoms with Crippen LogP contribution in [-0.2, 0) is 0 Å². The highest BCUT2D eigenvalue weighted by Gasteiger charge is 2.21. The van der Waals surface area contributed by atoms with Gasteiger partial charge >= 0.3 is 0 Å². The van der Waals surface area contributed by atoms with Crippen molar-refractivity contribution in [2.24, 2.45) is 5.92 Å². The zero-order valence-electron chi connectivity index (χ0n) is 10.9. The monoisotopic (exact) mass is 266 g/mol. The number of hydrogen-bond donors (Lipinski definition) is 2. The molecule has 7 heteroatoms. The maximum atomic E-state index is 12.1. The number of hydrogen-bond acceptors (Lipinski definition) is 4. The number of piperidine rings is 1. The minimum Gasteiger partial charge on any atom is -0.351 e. The van der Waals surface area contributed by atoms with Crippen molar-refractivity contribution >= 4 is 11.6 Å². The molecule has 0 aliphatic carbocycles. The second kappa shape index (κ2) is 5.83. The maximum Gasteiger partial charge on any atom is 0.287 e. The summed E-state index contributed by atoms with van der Waals surface area (Å²) in [6.45, 7) is 2.62. The molecule has 19 heavy (non-hydrogen) atoms. The van der Waals surface area contributed by atoms with Crippen molar-refractivity contribution in [2.45, 2.75) is 12.8 Å². The Kier molecular flexibility index (Phi) is 4.16. The lowest BCUT2D eigenvalue weighted by Crippen LogP contribution is -2.39. The summed E-state index contributed by atoms with van der Waals surface area (Å²) in [5.41, 5.74) is 0.175. The largest absolute Gasteiger partial charge is 0.351 e. The molecule has 104 valence electrons. The Balaban J connectivity index is 1.95. The first-order valence-corrected chi connectivity index (χ1v) is 6.37. The quantitative estimate of drug-likeness (QED) is 0.628. The molecule has 7 nitrogen and oxygen atoms in total. The van der Waals surface area contributed by atoms with Gasteiger partial charge < -0.3 is 15.2 Å². The summed E-state index contributed by atoms with van der Waals surface area (Å²) >= 11 is 0. The first kappa shape index (κ1) is 13.5. The van der Waals surface area contributed by atoms with Crippen LogP contribution in [0.4, 0.5) is 5.69 Å². The van der Waals surface area contributed by atoms with Gasteiger partial charge in [-0.2, -0.15) is 0 Å². The van der Waals surface area contributed by atoms with Gasteiger partial charge in [0.1, 0.15) is 5.69 Å². The standard InChI is InChI=1S/C12H18N4O3/c1-15(8-9-3-2-4-13-6-9)12(17)11-5-10(7-14-11)16(18)19/h5,7,9,13-14H,2-4,6,8H2,1H3. The van der Waals surface area contributed by atoms with E-state index in [1.54, 1.807) is 11.9 Å². The molecule has 0 aromatic carbocycles. The van der Waals surface area contributed by atoms with Crippen LogP contribution in [0.1, 0.15) is 23.3 Å². The number of carbonyl (C=O) groups excluding carboxylic acids is 1. The topological polar surface area (TPSA) is 91.3 Å². The molecule has 0 bridgehead atoms. The molecule has 1 atom stereocenters. The normalized spacial score (nSPS) is 19.1. The van der Waals surface area contributed by atoms with Crippen LogP contribution in [0.3, 0.4) is 0 Å². The highest BCUT2D eigenvalue weighted by molar-refractivity contribution is 5.93. The zero-order valence-corrected chi connectivity index (χ0v) is 10.9. The van der Waals surface area contributed by atoms with Gasteiger partial charge in [-0.05, 0) is 31.8 Å². The Bertz CT molecular complexity index is 465. The molecule has 1 aliphatic heterocycles. The summed E-state index contributed by atoms with van der Waals surface area (Å²) in [5.74, 6) is 0.242. The number of H-pyrrole nitrogens is 1. The molecule has 2 N–H and O–H groups in total. The van der Waals surface area contributed by atoms with Gasteiger partial charge in [0, 0.05) is 19.7 Å². The summed E-state index contributed by atoms with van der Waals surface area (Å²) in [6.07, 6.45) is 3.47. The third-order valence-corrected chi connectivity index (χ3v) is 3.39. The van der Waals surface area contributed by atoms with Crippen molar-refractivity contribution in [3.8, 4) is 0 Å². The molecule has 1 fully saturated rings. The van der Waals surface area contributed by atoms with Gasteiger partial charge in [0.25, 0.3) is 11.6 Å². The molecule has 1 saturated heterocycles. The number of nitrogens with zero attached hydrogens (tertiary/aromatic N) is 2. The van der Waals surface area contributed by atoms with Gasteiger partial charge in [-0.15, -0.1) is 0 Å². The molecule has 2 heterocycles. The molecule has 0 spiro atoms. The first-order valence-electron chi connectivity index (χ1n) is 6.37. The number of carbonyl (C=O) groups is 1. The molecule has 1 unspecified atom stereocenters. The average molecular weight is 266 g/mol. The van der Waals surface area contributed by atoms with Crippen LogP contribution < -0.4 is 5.32 Å². The second-order valence-electron chi connectivity index (χ2n) is 4.93. The van der Waals surface area contributed by atoms with Gasteiger partial charge in [-0.1, -0.05) is 0 Å². The third-order valence-electron chi connectivity index (χ3n) is 3.39. The van der Waals surface area contributed by atoms with Crippen molar-refractivity contribution in [3.05, 3.63) is 28.1 Å². The van der Waals surface area contributed by atoms with E-state index in [0.29, 0.717) is 12.5 Å². The molecule has 0 radical (unpaired) electrons. The molecule has 2 rings (SSSR count). The van der Waals surface area contributed by atoms with Crippen LogP contribution in [0, 0.1) is 16.0 Å². The summed E-state index contributed by atoms with van der Waals surface area (Å²) in [5, 5.41) is 13.9. The van der Waals surface area contributed by atoms with E-state index in [0.717, 1.165) is 25.9 Å². The number of amides is 1. The lowest BCUT2D eigenvalue weighted by Gasteiger charge is -2.27.